The van der Waals surface area contributed by atoms with Crippen molar-refractivity contribution in [1.82, 2.24) is 4.98 Å². The van der Waals surface area contributed by atoms with E-state index >= 15 is 0 Å². The molecule has 5 heterocycles. The van der Waals surface area contributed by atoms with Gasteiger partial charge in [-0.1, -0.05) is 42.5 Å². The van der Waals surface area contributed by atoms with Crippen LogP contribution in [-0.2, 0) is 19.9 Å². The van der Waals surface area contributed by atoms with Crippen molar-refractivity contribution in [3.8, 4) is 11.5 Å². The van der Waals surface area contributed by atoms with E-state index in [2.05, 4.69) is 4.98 Å². The van der Waals surface area contributed by atoms with Gasteiger partial charge in [0.05, 0.1) is 13.1 Å². The third-order valence-corrected chi connectivity index (χ3v) is 8.07. The number of benzene rings is 2. The van der Waals surface area contributed by atoms with E-state index in [9.17, 15) is 14.7 Å². The number of quaternary nitrogens is 1. The first-order valence-corrected chi connectivity index (χ1v) is 12.3. The molecule has 36 heavy (non-hydrogen) atoms. The Kier molecular flexibility index (Phi) is 5.31. The number of hydrogen-bond donors (Lipinski definition) is 2. The molecule has 8 heteroatoms. The highest BCUT2D eigenvalue weighted by Gasteiger charge is 2.56. The number of aliphatic hydroxyl groups is 1. The van der Waals surface area contributed by atoms with Crippen molar-refractivity contribution in [2.24, 2.45) is 11.7 Å². The quantitative estimate of drug-likeness (QED) is 0.424. The molecule has 0 aliphatic carbocycles. The molecule has 184 valence electrons. The van der Waals surface area contributed by atoms with E-state index in [1.165, 1.54) is 0 Å². The van der Waals surface area contributed by atoms with Crippen molar-refractivity contribution in [2.45, 2.75) is 30.6 Å². The maximum absolute atomic E-state index is 13.8. The second kappa shape index (κ2) is 8.43. The van der Waals surface area contributed by atoms with E-state index in [4.69, 9.17) is 15.2 Å². The smallest absolute Gasteiger partial charge is 0.348 e. The fraction of sp³-hybridized carbons (Fsp3) is 0.321. The van der Waals surface area contributed by atoms with E-state index in [1.54, 1.807) is 60.8 Å². The van der Waals surface area contributed by atoms with Gasteiger partial charge in [0.1, 0.15) is 23.7 Å². The number of fused-ring (bicyclic) bond motifs is 5. The number of pyridine rings is 1. The van der Waals surface area contributed by atoms with Crippen LogP contribution in [0.5, 0.6) is 11.5 Å². The third-order valence-electron chi connectivity index (χ3n) is 8.07. The summed E-state index contributed by atoms with van der Waals surface area (Å²) in [5.41, 5.74) is 5.23. The number of amides is 1. The number of para-hydroxylation sites is 2. The molecule has 1 unspecified atom stereocenters. The zero-order valence-electron chi connectivity index (χ0n) is 19.7. The number of ether oxygens (including phenoxy) is 2. The van der Waals surface area contributed by atoms with Crippen LogP contribution in [-0.4, -0.2) is 52.2 Å². The Morgan fingerprint density at radius 1 is 1.00 bits per heavy atom. The van der Waals surface area contributed by atoms with Crippen molar-refractivity contribution in [3.63, 3.8) is 0 Å². The summed E-state index contributed by atoms with van der Waals surface area (Å²) in [5, 5.41) is 11.9. The number of rotatable bonds is 5. The van der Waals surface area contributed by atoms with Crippen LogP contribution < -0.4 is 10.5 Å². The molecule has 1 amide bonds. The Bertz CT molecular complexity index is 1270. The molecule has 7 rings (SSSR count). The molecule has 2 atom stereocenters. The second-order valence-corrected chi connectivity index (χ2v) is 9.99. The predicted molar refractivity (Wildman–Crippen MR) is 130 cm³/mol. The monoisotopic (exact) mass is 486 g/mol. The molecule has 0 spiro atoms. The van der Waals surface area contributed by atoms with Crippen molar-refractivity contribution in [1.29, 1.82) is 0 Å². The Balaban J connectivity index is 1.34. The summed E-state index contributed by atoms with van der Waals surface area (Å²) in [4.78, 5) is 30.9. The fourth-order valence-electron chi connectivity index (χ4n) is 6.31. The van der Waals surface area contributed by atoms with Crippen LogP contribution in [0.4, 0.5) is 0 Å². The van der Waals surface area contributed by atoms with E-state index < -0.39 is 29.6 Å². The van der Waals surface area contributed by atoms with Gasteiger partial charge in [-0.15, -0.1) is 0 Å². The third kappa shape index (κ3) is 3.40. The summed E-state index contributed by atoms with van der Waals surface area (Å²) in [6.45, 7) is 1.95. The molecule has 4 aliphatic heterocycles. The Labute approximate surface area is 208 Å². The normalized spacial score (nSPS) is 26.1. The first kappa shape index (κ1) is 22.7. The van der Waals surface area contributed by atoms with Crippen molar-refractivity contribution < 1.29 is 28.7 Å². The summed E-state index contributed by atoms with van der Waals surface area (Å²) in [6.07, 6.45) is 2.79. The van der Waals surface area contributed by atoms with Gasteiger partial charge in [0.25, 0.3) is 5.91 Å². The average Bonchev–Trinajstić information content (AvgIpc) is 2.90. The zero-order valence-corrected chi connectivity index (χ0v) is 19.7. The number of esters is 1. The van der Waals surface area contributed by atoms with Crippen molar-refractivity contribution in [3.05, 3.63) is 89.7 Å². The standard InChI is InChI=1S/C28H27N3O5/c29-26(32)25(21-9-5-6-14-30-21)31-15-12-18(13-16-31)24(17-31)36-27(33)28(34)19-7-1-3-10-22(19)35-23-11-4-2-8-20(23)28/h1-11,14,18,24-25,34H,12-13,15-17H2,(H-,29,32)/p+1/t18?,24-,25?,31?/m0/s1. The van der Waals surface area contributed by atoms with Crippen LogP contribution in [0.2, 0.25) is 0 Å². The summed E-state index contributed by atoms with van der Waals surface area (Å²) < 4.78 is 12.5. The summed E-state index contributed by atoms with van der Waals surface area (Å²) >= 11 is 0. The first-order valence-electron chi connectivity index (χ1n) is 12.3. The molecule has 4 aliphatic rings. The molecule has 2 aromatic carbocycles. The number of carbonyl (C=O) groups excluding carboxylic acids is 2. The molecular formula is C28H28N3O5+. The lowest BCUT2D eigenvalue weighted by molar-refractivity contribution is -0.965. The van der Waals surface area contributed by atoms with Gasteiger partial charge >= 0.3 is 5.97 Å². The number of nitrogens with two attached hydrogens (primary N) is 1. The maximum atomic E-state index is 13.8. The highest BCUT2D eigenvalue weighted by molar-refractivity contribution is 5.88. The highest BCUT2D eigenvalue weighted by Crippen LogP contribution is 2.48. The Morgan fingerprint density at radius 3 is 2.19 bits per heavy atom. The van der Waals surface area contributed by atoms with Crippen LogP contribution >= 0.6 is 0 Å². The molecule has 0 radical (unpaired) electrons. The van der Waals surface area contributed by atoms with Gasteiger partial charge in [-0.2, -0.15) is 0 Å². The van der Waals surface area contributed by atoms with Gasteiger partial charge in [0, 0.05) is 36.1 Å². The van der Waals surface area contributed by atoms with E-state index in [1.807, 2.05) is 12.1 Å². The van der Waals surface area contributed by atoms with Gasteiger partial charge in [-0.3, -0.25) is 9.78 Å². The van der Waals surface area contributed by atoms with Crippen molar-refractivity contribution in [2.75, 3.05) is 19.6 Å². The lowest BCUT2D eigenvalue weighted by atomic mass is 9.80. The van der Waals surface area contributed by atoms with E-state index in [0.717, 1.165) is 25.9 Å². The van der Waals surface area contributed by atoms with Crippen LogP contribution in [0.3, 0.4) is 0 Å². The topological polar surface area (TPSA) is 112 Å². The van der Waals surface area contributed by atoms with Crippen LogP contribution in [0, 0.1) is 5.92 Å². The first-order chi connectivity index (χ1) is 17.4. The van der Waals surface area contributed by atoms with Gasteiger partial charge in [0.15, 0.2) is 6.10 Å². The van der Waals surface area contributed by atoms with Crippen molar-refractivity contribution >= 4 is 11.9 Å². The molecular weight excluding hydrogens is 458 g/mol. The van der Waals surface area contributed by atoms with Crippen LogP contribution in [0.25, 0.3) is 0 Å². The SMILES string of the molecule is NC(=O)C(c1ccccn1)[N+]12CCC(CC1)[C@@H](OC(=O)C1(O)c3ccccc3Oc3ccccc31)C2. The van der Waals surface area contributed by atoms with Gasteiger partial charge in [-0.25, -0.2) is 4.79 Å². The minimum Gasteiger partial charge on any atom is -0.457 e. The molecule has 0 saturated carbocycles. The molecule has 2 bridgehead atoms. The number of nitrogens with zero attached hydrogens (tertiary/aromatic N) is 2. The molecule has 3 aromatic rings. The highest BCUT2D eigenvalue weighted by atomic mass is 16.6. The van der Waals surface area contributed by atoms with E-state index in [0.29, 0.717) is 39.3 Å². The zero-order chi connectivity index (χ0) is 24.9. The van der Waals surface area contributed by atoms with Crippen LogP contribution in [0.15, 0.2) is 72.9 Å². The van der Waals surface area contributed by atoms with E-state index in [-0.39, 0.29) is 5.92 Å². The second-order valence-electron chi connectivity index (χ2n) is 9.99. The average molecular weight is 487 g/mol. The maximum Gasteiger partial charge on any atom is 0.348 e. The number of piperidine rings is 3. The molecule has 3 saturated heterocycles. The minimum atomic E-state index is -2.01. The summed E-state index contributed by atoms with van der Waals surface area (Å²) in [6, 6.07) is 18.8. The largest absolute Gasteiger partial charge is 0.457 e. The number of hydrogen-bond acceptors (Lipinski definition) is 6. The van der Waals surface area contributed by atoms with Gasteiger partial charge in [-0.05, 0) is 24.3 Å². The fourth-order valence-corrected chi connectivity index (χ4v) is 6.31. The molecule has 3 N–H and O–H groups in total. The molecule has 8 nitrogen and oxygen atoms in total. The summed E-state index contributed by atoms with van der Waals surface area (Å²) in [5.74, 6) is -0.199. The Hall–Kier alpha value is -3.75. The number of aromatic nitrogens is 1. The predicted octanol–water partition coefficient (Wildman–Crippen LogP) is 2.80. The van der Waals surface area contributed by atoms with Crippen LogP contribution in [0.1, 0.15) is 35.7 Å². The van der Waals surface area contributed by atoms with Gasteiger partial charge in [0.2, 0.25) is 11.6 Å². The number of carbonyl (C=O) groups is 2. The Morgan fingerprint density at radius 2 is 1.61 bits per heavy atom. The minimum absolute atomic E-state index is 0.153. The van der Waals surface area contributed by atoms with Gasteiger partial charge < -0.3 is 24.8 Å². The molecule has 3 fully saturated rings. The summed E-state index contributed by atoms with van der Waals surface area (Å²) in [7, 11) is 0. The molecule has 1 aromatic heterocycles. The number of primary amides is 1. The lowest BCUT2D eigenvalue weighted by Crippen LogP contribution is -2.67. The lowest BCUT2D eigenvalue weighted by Gasteiger charge is -2.54.